The molecule has 0 fully saturated rings. The number of hydrogen-bond donors (Lipinski definition) is 3. The van der Waals surface area contributed by atoms with Crippen LogP contribution in [0.2, 0.25) is 0 Å². The van der Waals surface area contributed by atoms with Crippen LogP contribution in [0, 0.1) is 0 Å². The Morgan fingerprint density at radius 1 is 1.24 bits per heavy atom. The second-order valence-electron chi connectivity index (χ2n) is 5.63. The van der Waals surface area contributed by atoms with Crippen molar-refractivity contribution in [1.82, 2.24) is 20.6 Å². The van der Waals surface area contributed by atoms with Gasteiger partial charge < -0.3 is 0 Å². The zero-order chi connectivity index (χ0) is 18.4. The number of benzene rings is 1. The highest BCUT2D eigenvalue weighted by atomic mass is 32.2. The van der Waals surface area contributed by atoms with Crippen LogP contribution in [0.3, 0.4) is 0 Å². The van der Waals surface area contributed by atoms with Gasteiger partial charge in [-0.05, 0) is 24.0 Å². The fourth-order valence-electron chi connectivity index (χ4n) is 1.87. The molecule has 1 heterocycles. The van der Waals surface area contributed by atoms with Crippen molar-refractivity contribution in [3.05, 3.63) is 56.2 Å². The molecule has 25 heavy (non-hydrogen) atoms. The van der Waals surface area contributed by atoms with Gasteiger partial charge >= 0.3 is 5.69 Å². The molecule has 0 saturated carbocycles. The first-order chi connectivity index (χ1) is 11.9. The number of hydrogen-bond acceptors (Lipinski definition) is 6. The van der Waals surface area contributed by atoms with Crippen molar-refractivity contribution >= 4 is 23.9 Å². The Kier molecular flexibility index (Phi) is 6.29. The molecule has 1 aromatic heterocycles. The largest absolute Gasteiger partial charge is 0.342 e. The number of aromatic amines is 2. The first-order valence-corrected chi connectivity index (χ1v) is 8.53. The van der Waals surface area contributed by atoms with Gasteiger partial charge in [-0.25, -0.2) is 15.3 Å². The second-order valence-corrected chi connectivity index (χ2v) is 6.96. The molecule has 1 atom stereocenters. The highest BCUT2D eigenvalue weighted by Gasteiger charge is 2.16. The van der Waals surface area contributed by atoms with Gasteiger partial charge in [0.2, 0.25) is 0 Å². The highest BCUT2D eigenvalue weighted by Crippen LogP contribution is 2.16. The number of hydrazone groups is 1. The Balaban J connectivity index is 1.92. The van der Waals surface area contributed by atoms with Crippen LogP contribution in [0.25, 0.3) is 0 Å². The van der Waals surface area contributed by atoms with Crippen molar-refractivity contribution in [3.63, 3.8) is 0 Å². The fourth-order valence-corrected chi connectivity index (χ4v) is 2.62. The number of aromatic nitrogens is 3. The van der Waals surface area contributed by atoms with Gasteiger partial charge in [-0.15, -0.1) is 0 Å². The first kappa shape index (κ1) is 18.7. The molecule has 2 rings (SSSR count). The van der Waals surface area contributed by atoms with Gasteiger partial charge in [0.25, 0.3) is 11.5 Å². The summed E-state index contributed by atoms with van der Waals surface area (Å²) in [6, 6.07) is 7.88. The third-order valence-electron chi connectivity index (χ3n) is 3.33. The summed E-state index contributed by atoms with van der Waals surface area (Å²) in [5.41, 5.74) is 3.18. The van der Waals surface area contributed by atoms with E-state index in [1.54, 1.807) is 13.1 Å². The summed E-state index contributed by atoms with van der Waals surface area (Å²) in [6.45, 7) is 5.84. The molecule has 0 bridgehead atoms. The van der Waals surface area contributed by atoms with Crippen molar-refractivity contribution in [3.8, 4) is 0 Å². The lowest BCUT2D eigenvalue weighted by Crippen LogP contribution is -2.30. The smallest absolute Gasteiger partial charge is 0.272 e. The van der Waals surface area contributed by atoms with Crippen LogP contribution >= 0.6 is 11.8 Å². The summed E-state index contributed by atoms with van der Waals surface area (Å²) < 4.78 is 0. The summed E-state index contributed by atoms with van der Waals surface area (Å²) in [5, 5.41) is 9.04. The Morgan fingerprint density at radius 2 is 1.92 bits per heavy atom. The number of nitrogens with zero attached hydrogens (tertiary/aromatic N) is 2. The number of rotatable bonds is 6. The van der Waals surface area contributed by atoms with Gasteiger partial charge in [0.15, 0.2) is 5.03 Å². The molecule has 8 nitrogen and oxygen atoms in total. The molecule has 3 N–H and O–H groups in total. The number of thioether (sulfide) groups is 1. The maximum absolute atomic E-state index is 12.0. The summed E-state index contributed by atoms with van der Waals surface area (Å²) in [5.74, 6) is 0.0701. The Morgan fingerprint density at radius 3 is 2.52 bits per heavy atom. The number of amides is 1. The Hall–Kier alpha value is -2.68. The first-order valence-electron chi connectivity index (χ1n) is 7.65. The summed E-state index contributed by atoms with van der Waals surface area (Å²) in [6.07, 6.45) is 1.55. The maximum Gasteiger partial charge on any atom is 0.342 e. The van der Waals surface area contributed by atoms with Crippen molar-refractivity contribution in [2.75, 3.05) is 0 Å². The van der Waals surface area contributed by atoms with E-state index in [1.807, 2.05) is 29.2 Å². The fraction of sp³-hybridized carbons (Fsp3) is 0.312. The maximum atomic E-state index is 12.0. The lowest BCUT2D eigenvalue weighted by atomic mass is 10.0. The van der Waals surface area contributed by atoms with Crippen LogP contribution < -0.4 is 16.7 Å². The molecule has 1 aromatic carbocycles. The van der Waals surface area contributed by atoms with Gasteiger partial charge in [0.05, 0.1) is 11.5 Å². The molecule has 9 heteroatoms. The number of carbonyl (C=O) groups is 1. The Bertz CT molecular complexity index is 870. The van der Waals surface area contributed by atoms with Crippen LogP contribution in [0.5, 0.6) is 0 Å². The van der Waals surface area contributed by atoms with Crippen LogP contribution in [0.4, 0.5) is 0 Å². The van der Waals surface area contributed by atoms with E-state index in [9.17, 15) is 14.4 Å². The van der Waals surface area contributed by atoms with Gasteiger partial charge in [0, 0.05) is 0 Å². The van der Waals surface area contributed by atoms with E-state index in [-0.39, 0.29) is 10.9 Å². The van der Waals surface area contributed by atoms with E-state index < -0.39 is 16.5 Å². The summed E-state index contributed by atoms with van der Waals surface area (Å²) in [7, 11) is 0. The average molecular weight is 361 g/mol. The highest BCUT2D eigenvalue weighted by molar-refractivity contribution is 8.00. The van der Waals surface area contributed by atoms with Crippen molar-refractivity contribution in [1.29, 1.82) is 0 Å². The van der Waals surface area contributed by atoms with E-state index >= 15 is 0 Å². The third-order valence-corrected chi connectivity index (χ3v) is 4.40. The van der Waals surface area contributed by atoms with E-state index in [1.165, 1.54) is 5.56 Å². The summed E-state index contributed by atoms with van der Waals surface area (Å²) in [4.78, 5) is 36.5. The van der Waals surface area contributed by atoms with Crippen molar-refractivity contribution < 1.29 is 4.79 Å². The molecule has 0 spiro atoms. The number of H-pyrrole nitrogens is 2. The predicted molar refractivity (Wildman–Crippen MR) is 97.1 cm³/mol. The van der Waals surface area contributed by atoms with Gasteiger partial charge in [-0.3, -0.25) is 14.6 Å². The number of carbonyl (C=O) groups excluding carboxylic acids is 1. The van der Waals surface area contributed by atoms with Gasteiger partial charge in [-0.1, -0.05) is 49.9 Å². The van der Waals surface area contributed by atoms with Gasteiger partial charge in [-0.2, -0.15) is 10.2 Å². The van der Waals surface area contributed by atoms with Crippen molar-refractivity contribution in [2.24, 2.45) is 5.10 Å². The molecule has 2 aromatic rings. The van der Waals surface area contributed by atoms with E-state index in [4.69, 9.17) is 0 Å². The quantitative estimate of drug-likeness (QED) is 0.406. The minimum Gasteiger partial charge on any atom is -0.272 e. The average Bonchev–Trinajstić information content (AvgIpc) is 2.57. The lowest BCUT2D eigenvalue weighted by Gasteiger charge is -2.07. The topological polar surface area (TPSA) is 120 Å². The van der Waals surface area contributed by atoms with E-state index in [0.29, 0.717) is 5.92 Å². The standard InChI is InChI=1S/C16H19N5O3S/c1-9(2)12-6-4-11(5-7-12)8-17-19-13(22)10(3)25-15-14(23)18-16(24)21-20-15/h4-10H,1-3H3,(H,19,22)(H2,18,21,23,24)/b17-8+. The molecule has 1 amide bonds. The normalized spacial score (nSPS) is 12.5. The minimum absolute atomic E-state index is 0.00973. The lowest BCUT2D eigenvalue weighted by molar-refractivity contribution is -0.120. The van der Waals surface area contributed by atoms with E-state index in [0.717, 1.165) is 17.3 Å². The molecular weight excluding hydrogens is 342 g/mol. The molecule has 0 saturated heterocycles. The molecular formula is C16H19N5O3S. The van der Waals surface area contributed by atoms with Crippen LogP contribution in [-0.4, -0.2) is 32.6 Å². The number of nitrogens with one attached hydrogen (secondary N) is 3. The van der Waals surface area contributed by atoms with Crippen LogP contribution in [0.15, 0.2) is 44.0 Å². The van der Waals surface area contributed by atoms with E-state index in [2.05, 4.69) is 34.6 Å². The van der Waals surface area contributed by atoms with Crippen LogP contribution in [0.1, 0.15) is 37.8 Å². The molecule has 0 radical (unpaired) electrons. The molecule has 1 unspecified atom stereocenters. The third kappa shape index (κ3) is 5.42. The summed E-state index contributed by atoms with van der Waals surface area (Å²) >= 11 is 0.927. The van der Waals surface area contributed by atoms with Crippen LogP contribution in [-0.2, 0) is 4.79 Å². The zero-order valence-corrected chi connectivity index (χ0v) is 14.9. The monoisotopic (exact) mass is 361 g/mol. The predicted octanol–water partition coefficient (Wildman–Crippen LogP) is 1.21. The van der Waals surface area contributed by atoms with Crippen molar-refractivity contribution in [2.45, 2.75) is 37.0 Å². The Labute approximate surface area is 148 Å². The second kappa shape index (κ2) is 8.43. The zero-order valence-electron chi connectivity index (χ0n) is 14.1. The molecule has 132 valence electrons. The molecule has 0 aliphatic rings. The SMILES string of the molecule is CC(Sc1n[nH]c(=O)[nH]c1=O)C(=O)N/N=C/c1ccc(C(C)C)cc1. The molecule has 0 aliphatic heterocycles. The van der Waals surface area contributed by atoms with Gasteiger partial charge in [0.1, 0.15) is 0 Å². The molecule has 0 aliphatic carbocycles. The minimum atomic E-state index is -0.695.